The van der Waals surface area contributed by atoms with Crippen LogP contribution in [-0.2, 0) is 14.3 Å². The summed E-state index contributed by atoms with van der Waals surface area (Å²) in [6, 6.07) is -0.395. The molecule has 0 radical (unpaired) electrons. The molecule has 18 heavy (non-hydrogen) atoms. The lowest BCUT2D eigenvalue weighted by atomic mass is 9.93. The van der Waals surface area contributed by atoms with Crippen molar-refractivity contribution in [1.29, 1.82) is 0 Å². The number of ketones is 1. The van der Waals surface area contributed by atoms with E-state index < -0.39 is 23.8 Å². The summed E-state index contributed by atoms with van der Waals surface area (Å²) in [5, 5.41) is 14.3. The molecule has 3 atom stereocenters. The summed E-state index contributed by atoms with van der Waals surface area (Å²) in [5.41, 5.74) is -0.568. The Morgan fingerprint density at radius 1 is 1.56 bits per heavy atom. The van der Waals surface area contributed by atoms with Crippen LogP contribution in [0.5, 0.6) is 0 Å². The van der Waals surface area contributed by atoms with Crippen molar-refractivity contribution in [2.24, 2.45) is 5.16 Å². The van der Waals surface area contributed by atoms with Crippen molar-refractivity contribution < 1.29 is 24.3 Å². The summed E-state index contributed by atoms with van der Waals surface area (Å²) in [4.78, 5) is 23.1. The Bertz CT molecular complexity index is 412. The Morgan fingerprint density at radius 3 is 2.78 bits per heavy atom. The normalized spacial score (nSPS) is 32.9. The molecule has 0 spiro atoms. The number of amides is 1. The quantitative estimate of drug-likeness (QED) is 0.403. The van der Waals surface area contributed by atoms with Gasteiger partial charge in [0.25, 0.3) is 0 Å². The van der Waals surface area contributed by atoms with Crippen LogP contribution in [0, 0.1) is 0 Å². The van der Waals surface area contributed by atoms with Crippen LogP contribution in [0.2, 0.25) is 0 Å². The van der Waals surface area contributed by atoms with Crippen LogP contribution in [0.1, 0.15) is 27.2 Å². The number of oxime groups is 1. The zero-order valence-corrected chi connectivity index (χ0v) is 10.5. The summed E-state index contributed by atoms with van der Waals surface area (Å²) in [7, 11) is 0. The molecule has 7 heteroatoms. The first-order valence-corrected chi connectivity index (χ1v) is 5.72. The number of alkyl carbamates (subject to hydrolysis) is 1. The summed E-state index contributed by atoms with van der Waals surface area (Å²) in [5.74, 6) is -0.315. The lowest BCUT2D eigenvalue weighted by molar-refractivity contribution is -0.114. The smallest absolute Gasteiger partial charge is 0.407 e. The van der Waals surface area contributed by atoms with Gasteiger partial charge < -0.3 is 20.0 Å². The van der Waals surface area contributed by atoms with E-state index in [1.54, 1.807) is 20.8 Å². The number of carbonyl (C=O) groups excluding carboxylic acids is 2. The first-order chi connectivity index (χ1) is 8.31. The van der Waals surface area contributed by atoms with E-state index in [9.17, 15) is 9.59 Å². The summed E-state index contributed by atoms with van der Waals surface area (Å²) in [6.45, 7) is 5.27. The standard InChI is InChI=1S/C11H16N2O5/c1-11(2,3)18-10(15)12-6-4-5(13-16)7(14)9-8(6)17-9/h6,8-9,16H,4H2,1-3H3,(H,12,15)/b13-5-/t6-,8-,9+/m1/s1. The number of hydrogen-bond acceptors (Lipinski definition) is 6. The minimum atomic E-state index is -0.593. The van der Waals surface area contributed by atoms with Crippen LogP contribution in [0.15, 0.2) is 5.16 Å². The van der Waals surface area contributed by atoms with Gasteiger partial charge in [-0.25, -0.2) is 4.79 Å². The van der Waals surface area contributed by atoms with Crippen molar-refractivity contribution >= 4 is 17.6 Å². The highest BCUT2D eigenvalue weighted by Crippen LogP contribution is 2.33. The van der Waals surface area contributed by atoms with E-state index in [4.69, 9.17) is 14.7 Å². The molecule has 7 nitrogen and oxygen atoms in total. The predicted molar refractivity (Wildman–Crippen MR) is 60.7 cm³/mol. The monoisotopic (exact) mass is 256 g/mol. The van der Waals surface area contributed by atoms with Crippen LogP contribution in [-0.4, -0.2) is 46.6 Å². The van der Waals surface area contributed by atoms with Crippen LogP contribution in [0.3, 0.4) is 0 Å². The first kappa shape index (κ1) is 12.8. The van der Waals surface area contributed by atoms with E-state index in [0.29, 0.717) is 0 Å². The molecule has 1 amide bonds. The molecular formula is C11H16N2O5. The van der Waals surface area contributed by atoms with Gasteiger partial charge in [-0.05, 0) is 20.8 Å². The van der Waals surface area contributed by atoms with E-state index in [0.717, 1.165) is 0 Å². The molecule has 0 aromatic carbocycles. The van der Waals surface area contributed by atoms with Gasteiger partial charge in [-0.1, -0.05) is 5.16 Å². The topological polar surface area (TPSA) is 101 Å². The fourth-order valence-electron chi connectivity index (χ4n) is 1.91. The first-order valence-electron chi connectivity index (χ1n) is 5.72. The third kappa shape index (κ3) is 2.61. The number of rotatable bonds is 1. The van der Waals surface area contributed by atoms with E-state index in [1.165, 1.54) is 0 Å². The molecule has 1 heterocycles. The lowest BCUT2D eigenvalue weighted by Crippen LogP contribution is -2.48. The van der Waals surface area contributed by atoms with E-state index in [2.05, 4.69) is 10.5 Å². The third-order valence-electron chi connectivity index (χ3n) is 2.70. The van der Waals surface area contributed by atoms with Crippen LogP contribution in [0.4, 0.5) is 4.79 Å². The molecule has 0 aromatic rings. The van der Waals surface area contributed by atoms with Gasteiger partial charge in [-0.2, -0.15) is 0 Å². The lowest BCUT2D eigenvalue weighted by Gasteiger charge is -2.24. The number of epoxide rings is 1. The maximum Gasteiger partial charge on any atom is 0.407 e. The van der Waals surface area contributed by atoms with Gasteiger partial charge in [0.15, 0.2) is 6.10 Å². The summed E-state index contributed by atoms with van der Waals surface area (Å²) >= 11 is 0. The fraction of sp³-hybridized carbons (Fsp3) is 0.727. The second-order valence-corrected chi connectivity index (χ2v) is 5.39. The Kier molecular flexibility index (Phi) is 3.02. The molecule has 2 fully saturated rings. The molecular weight excluding hydrogens is 240 g/mol. The second kappa shape index (κ2) is 4.24. The Hall–Kier alpha value is -1.63. The molecule has 0 unspecified atom stereocenters. The molecule has 1 saturated carbocycles. The largest absolute Gasteiger partial charge is 0.444 e. The summed E-state index contributed by atoms with van der Waals surface area (Å²) < 4.78 is 10.3. The molecule has 0 bridgehead atoms. The van der Waals surface area contributed by atoms with Crippen LogP contribution >= 0.6 is 0 Å². The van der Waals surface area contributed by atoms with Gasteiger partial charge in [0.1, 0.15) is 17.4 Å². The number of carbonyl (C=O) groups is 2. The van der Waals surface area contributed by atoms with E-state index >= 15 is 0 Å². The molecule has 2 N–H and O–H groups in total. The average molecular weight is 256 g/mol. The van der Waals surface area contributed by atoms with Gasteiger partial charge in [-0.3, -0.25) is 4.79 Å². The van der Waals surface area contributed by atoms with Crippen molar-refractivity contribution in [3.63, 3.8) is 0 Å². The molecule has 1 aliphatic carbocycles. The fourth-order valence-corrected chi connectivity index (χ4v) is 1.91. The van der Waals surface area contributed by atoms with Gasteiger partial charge in [0.2, 0.25) is 5.78 Å². The number of hydrogen-bond donors (Lipinski definition) is 2. The maximum atomic E-state index is 11.6. The van der Waals surface area contributed by atoms with Crippen LogP contribution < -0.4 is 5.32 Å². The molecule has 1 saturated heterocycles. The van der Waals surface area contributed by atoms with Gasteiger partial charge in [-0.15, -0.1) is 0 Å². The number of fused-ring (bicyclic) bond motifs is 1. The number of ether oxygens (including phenoxy) is 2. The van der Waals surface area contributed by atoms with Crippen molar-refractivity contribution in [3.8, 4) is 0 Å². The SMILES string of the molecule is CC(C)(C)OC(=O)N[C@@H]1C/C(=N/O)C(=O)[C@@H]2O[C@H]12. The van der Waals surface area contributed by atoms with Crippen molar-refractivity contribution in [2.45, 2.75) is 51.0 Å². The highest BCUT2D eigenvalue weighted by molar-refractivity contribution is 6.43. The van der Waals surface area contributed by atoms with Crippen molar-refractivity contribution in [1.82, 2.24) is 5.32 Å². The number of Topliss-reactive ketones (excluding diaryl/α,β-unsaturated/α-hetero) is 1. The van der Waals surface area contributed by atoms with Gasteiger partial charge in [0.05, 0.1) is 6.04 Å². The molecule has 100 valence electrons. The molecule has 0 aromatic heterocycles. The highest BCUT2D eigenvalue weighted by atomic mass is 16.6. The highest BCUT2D eigenvalue weighted by Gasteiger charge is 2.56. The predicted octanol–water partition coefficient (Wildman–Crippen LogP) is 0.450. The Morgan fingerprint density at radius 2 is 2.22 bits per heavy atom. The zero-order valence-electron chi connectivity index (χ0n) is 10.5. The average Bonchev–Trinajstić information content (AvgIpc) is 2.99. The van der Waals surface area contributed by atoms with Crippen molar-refractivity contribution in [3.05, 3.63) is 0 Å². The summed E-state index contributed by atoms with van der Waals surface area (Å²) in [6.07, 6.45) is -1.36. The third-order valence-corrected chi connectivity index (χ3v) is 2.70. The van der Waals surface area contributed by atoms with Crippen molar-refractivity contribution in [2.75, 3.05) is 0 Å². The Balaban J connectivity index is 1.95. The second-order valence-electron chi connectivity index (χ2n) is 5.39. The molecule has 1 aliphatic heterocycles. The van der Waals surface area contributed by atoms with Crippen LogP contribution in [0.25, 0.3) is 0 Å². The molecule has 2 rings (SSSR count). The van der Waals surface area contributed by atoms with Gasteiger partial charge >= 0.3 is 6.09 Å². The number of nitrogens with one attached hydrogen (secondary N) is 1. The minimum Gasteiger partial charge on any atom is -0.444 e. The van der Waals surface area contributed by atoms with Gasteiger partial charge in [0, 0.05) is 6.42 Å². The van der Waals surface area contributed by atoms with E-state index in [-0.39, 0.29) is 24.0 Å². The Labute approximate surface area is 104 Å². The minimum absolute atomic E-state index is 0.0230. The molecule has 2 aliphatic rings. The zero-order chi connectivity index (χ0) is 13.5. The van der Waals surface area contributed by atoms with E-state index in [1.807, 2.05) is 0 Å². The maximum absolute atomic E-state index is 11.6. The number of nitrogens with zero attached hydrogens (tertiary/aromatic N) is 1.